The van der Waals surface area contributed by atoms with Gasteiger partial charge in [0.05, 0.1) is 6.54 Å². The summed E-state index contributed by atoms with van der Waals surface area (Å²) >= 11 is 0. The highest BCUT2D eigenvalue weighted by atomic mass is 15.3. The Hall–Kier alpha value is -0.870. The predicted octanol–water partition coefficient (Wildman–Crippen LogP) is 2.12. The molecule has 20 heavy (non-hydrogen) atoms. The van der Waals surface area contributed by atoms with Crippen molar-refractivity contribution in [1.29, 1.82) is 0 Å². The molecule has 1 aliphatic carbocycles. The van der Waals surface area contributed by atoms with Crippen LogP contribution >= 0.6 is 0 Å². The fourth-order valence-electron chi connectivity index (χ4n) is 3.61. The summed E-state index contributed by atoms with van der Waals surface area (Å²) < 4.78 is 2.13. The fraction of sp³-hybridized carbons (Fsp3) is 0.812. The zero-order chi connectivity index (χ0) is 13.8. The van der Waals surface area contributed by atoms with Crippen molar-refractivity contribution >= 4 is 0 Å². The van der Waals surface area contributed by atoms with Crippen molar-refractivity contribution in [2.45, 2.75) is 38.6 Å². The molecule has 1 saturated heterocycles. The third-order valence-corrected chi connectivity index (χ3v) is 4.99. The van der Waals surface area contributed by atoms with Gasteiger partial charge in [-0.2, -0.15) is 0 Å². The van der Waals surface area contributed by atoms with Gasteiger partial charge in [0.15, 0.2) is 0 Å². The molecule has 1 saturated carbocycles. The largest absolute Gasteiger partial charge is 0.337 e. The minimum absolute atomic E-state index is 0.977. The monoisotopic (exact) mass is 276 g/mol. The summed E-state index contributed by atoms with van der Waals surface area (Å²) in [4.78, 5) is 9.66. The van der Waals surface area contributed by atoms with Gasteiger partial charge in [0.2, 0.25) is 0 Å². The molecular formula is C16H28N4. The van der Waals surface area contributed by atoms with Crippen LogP contribution < -0.4 is 0 Å². The van der Waals surface area contributed by atoms with Crippen molar-refractivity contribution in [3.63, 3.8) is 0 Å². The van der Waals surface area contributed by atoms with E-state index in [0.29, 0.717) is 0 Å². The number of imidazole rings is 1. The molecule has 3 rings (SSSR count). The van der Waals surface area contributed by atoms with Crippen molar-refractivity contribution in [1.82, 2.24) is 19.4 Å². The van der Waals surface area contributed by atoms with E-state index < -0.39 is 0 Å². The minimum atomic E-state index is 0.977. The Morgan fingerprint density at radius 3 is 2.40 bits per heavy atom. The Morgan fingerprint density at radius 1 is 1.05 bits per heavy atom. The van der Waals surface area contributed by atoms with Crippen LogP contribution in [-0.4, -0.2) is 52.1 Å². The van der Waals surface area contributed by atoms with Crippen molar-refractivity contribution < 1.29 is 0 Å². The third-order valence-electron chi connectivity index (χ3n) is 4.99. The number of aromatic nitrogens is 2. The second-order valence-corrected chi connectivity index (χ2v) is 6.54. The molecule has 0 unspecified atom stereocenters. The van der Waals surface area contributed by atoms with Gasteiger partial charge in [-0.05, 0) is 18.8 Å². The van der Waals surface area contributed by atoms with Crippen LogP contribution in [0.3, 0.4) is 0 Å². The molecule has 0 radical (unpaired) electrons. The molecule has 0 spiro atoms. The smallest absolute Gasteiger partial charge is 0.122 e. The fourth-order valence-corrected chi connectivity index (χ4v) is 3.61. The molecule has 0 atom stereocenters. The van der Waals surface area contributed by atoms with E-state index in [1.807, 2.05) is 12.4 Å². The summed E-state index contributed by atoms with van der Waals surface area (Å²) in [6.07, 6.45) is 11.3. The molecule has 2 fully saturated rings. The first kappa shape index (κ1) is 14.1. The van der Waals surface area contributed by atoms with Crippen molar-refractivity contribution in [2.75, 3.05) is 32.7 Å². The summed E-state index contributed by atoms with van der Waals surface area (Å²) in [5.41, 5.74) is 0. The molecule has 1 aromatic rings. The molecule has 0 bridgehead atoms. The molecule has 4 nitrogen and oxygen atoms in total. The maximum absolute atomic E-state index is 4.43. The third kappa shape index (κ3) is 3.61. The molecule has 1 aromatic heterocycles. The summed E-state index contributed by atoms with van der Waals surface area (Å²) in [5, 5.41) is 0. The topological polar surface area (TPSA) is 24.3 Å². The molecule has 0 N–H and O–H groups in total. The van der Waals surface area contributed by atoms with Crippen molar-refractivity contribution in [3.05, 3.63) is 18.2 Å². The molecule has 0 amide bonds. The first-order valence-corrected chi connectivity index (χ1v) is 8.22. The number of nitrogens with zero attached hydrogens (tertiary/aromatic N) is 4. The average Bonchev–Trinajstić information content (AvgIpc) is 2.88. The van der Waals surface area contributed by atoms with Gasteiger partial charge in [0.1, 0.15) is 5.82 Å². The van der Waals surface area contributed by atoms with E-state index in [9.17, 15) is 0 Å². The summed E-state index contributed by atoms with van der Waals surface area (Å²) in [5.74, 6) is 2.16. The highest BCUT2D eigenvalue weighted by Crippen LogP contribution is 2.24. The van der Waals surface area contributed by atoms with Crippen molar-refractivity contribution in [2.24, 2.45) is 13.0 Å². The zero-order valence-corrected chi connectivity index (χ0v) is 12.8. The van der Waals surface area contributed by atoms with Crippen LogP contribution in [-0.2, 0) is 13.6 Å². The van der Waals surface area contributed by atoms with Crippen LogP contribution in [0.5, 0.6) is 0 Å². The van der Waals surface area contributed by atoms with Gasteiger partial charge in [-0.25, -0.2) is 4.98 Å². The van der Waals surface area contributed by atoms with Gasteiger partial charge in [0, 0.05) is 52.2 Å². The lowest BCUT2D eigenvalue weighted by molar-refractivity contribution is 0.103. The lowest BCUT2D eigenvalue weighted by Crippen LogP contribution is -2.47. The van der Waals surface area contributed by atoms with Crippen LogP contribution in [0.25, 0.3) is 0 Å². The summed E-state index contributed by atoms with van der Waals surface area (Å²) in [6.45, 7) is 7.21. The number of rotatable bonds is 4. The molecular weight excluding hydrogens is 248 g/mol. The molecule has 0 aromatic carbocycles. The van der Waals surface area contributed by atoms with Crippen LogP contribution in [0.1, 0.15) is 37.9 Å². The van der Waals surface area contributed by atoms with E-state index in [1.54, 1.807) is 0 Å². The van der Waals surface area contributed by atoms with Gasteiger partial charge >= 0.3 is 0 Å². The van der Waals surface area contributed by atoms with E-state index in [-0.39, 0.29) is 0 Å². The van der Waals surface area contributed by atoms with Crippen LogP contribution in [0.2, 0.25) is 0 Å². The number of piperazine rings is 1. The zero-order valence-electron chi connectivity index (χ0n) is 12.8. The van der Waals surface area contributed by atoms with E-state index in [0.717, 1.165) is 12.5 Å². The molecule has 4 heteroatoms. The number of hydrogen-bond donors (Lipinski definition) is 0. The predicted molar refractivity (Wildman–Crippen MR) is 81.5 cm³/mol. The van der Waals surface area contributed by atoms with E-state index in [2.05, 4.69) is 26.4 Å². The Kier molecular flexibility index (Phi) is 4.73. The Bertz CT molecular complexity index is 400. The van der Waals surface area contributed by atoms with Crippen LogP contribution in [0.15, 0.2) is 12.4 Å². The first-order valence-electron chi connectivity index (χ1n) is 8.22. The van der Waals surface area contributed by atoms with Gasteiger partial charge < -0.3 is 9.47 Å². The van der Waals surface area contributed by atoms with Gasteiger partial charge in [-0.1, -0.05) is 19.3 Å². The second-order valence-electron chi connectivity index (χ2n) is 6.54. The molecule has 2 heterocycles. The summed E-state index contributed by atoms with van der Waals surface area (Å²) in [7, 11) is 2.08. The Balaban J connectivity index is 1.41. The first-order chi connectivity index (χ1) is 9.81. The quantitative estimate of drug-likeness (QED) is 0.842. The summed E-state index contributed by atoms with van der Waals surface area (Å²) in [6, 6.07) is 0. The van der Waals surface area contributed by atoms with Gasteiger partial charge in [-0.3, -0.25) is 4.90 Å². The van der Waals surface area contributed by atoms with E-state index >= 15 is 0 Å². The maximum Gasteiger partial charge on any atom is 0.122 e. The van der Waals surface area contributed by atoms with Gasteiger partial charge in [0.25, 0.3) is 0 Å². The van der Waals surface area contributed by atoms with Crippen molar-refractivity contribution in [3.8, 4) is 0 Å². The van der Waals surface area contributed by atoms with Crippen LogP contribution in [0, 0.1) is 5.92 Å². The van der Waals surface area contributed by atoms with E-state index in [4.69, 9.17) is 0 Å². The lowest BCUT2D eigenvalue weighted by Gasteiger charge is -2.37. The normalized spacial score (nSPS) is 23.2. The highest BCUT2D eigenvalue weighted by Gasteiger charge is 2.21. The lowest BCUT2D eigenvalue weighted by atomic mass is 9.89. The average molecular weight is 276 g/mol. The Labute approximate surface area is 122 Å². The Morgan fingerprint density at radius 2 is 1.75 bits per heavy atom. The van der Waals surface area contributed by atoms with Gasteiger partial charge in [-0.15, -0.1) is 0 Å². The number of aryl methyl sites for hydroxylation is 1. The maximum atomic E-state index is 4.43. The standard InChI is InChI=1S/C16H28N4/c1-18-8-7-17-16(18)14-20-11-9-19(10-12-20)13-15-5-3-2-4-6-15/h7-8,15H,2-6,9-14H2,1H3. The second kappa shape index (κ2) is 6.72. The molecule has 1 aliphatic heterocycles. The minimum Gasteiger partial charge on any atom is -0.337 e. The molecule has 112 valence electrons. The number of hydrogen-bond acceptors (Lipinski definition) is 3. The van der Waals surface area contributed by atoms with E-state index in [1.165, 1.54) is 70.7 Å². The highest BCUT2D eigenvalue weighted by molar-refractivity contribution is 4.91. The SMILES string of the molecule is Cn1ccnc1CN1CCN(CC2CCCCC2)CC1. The van der Waals surface area contributed by atoms with Crippen LogP contribution in [0.4, 0.5) is 0 Å². The molecule has 2 aliphatic rings.